The monoisotopic (exact) mass is 297 g/mol. The highest BCUT2D eigenvalue weighted by Gasteiger charge is 2.24. The first-order chi connectivity index (χ1) is 9.49. The molecule has 1 heterocycles. The largest absolute Gasteiger partial charge is 0.399 e. The van der Waals surface area contributed by atoms with Gasteiger partial charge in [0, 0.05) is 24.8 Å². The third-order valence-corrected chi connectivity index (χ3v) is 5.36. The van der Waals surface area contributed by atoms with Crippen LogP contribution < -0.4 is 10.5 Å². The lowest BCUT2D eigenvalue weighted by atomic mass is 10.1. The normalized spacial score (nSPS) is 19.4. The molecule has 1 aromatic carbocycles. The first-order valence-corrected chi connectivity index (χ1v) is 8.56. The zero-order chi connectivity index (χ0) is 14.6. The summed E-state index contributed by atoms with van der Waals surface area (Å²) in [6.07, 6.45) is 4.10. The second kappa shape index (κ2) is 6.56. The fraction of sp³-hybridized carbons (Fsp3) is 0.571. The van der Waals surface area contributed by atoms with Crippen LogP contribution in [-0.2, 0) is 10.2 Å². The second-order valence-electron chi connectivity index (χ2n) is 5.32. The zero-order valence-corrected chi connectivity index (χ0v) is 12.7. The number of hydrogen-bond acceptors (Lipinski definition) is 3. The van der Waals surface area contributed by atoms with E-state index in [-0.39, 0.29) is 6.04 Å². The number of nitrogens with zero attached hydrogens (tertiary/aromatic N) is 1. The SMILES string of the molecule is CC(NS(=O)(=O)N1CCCCCC1)c1ccc(N)cc1. The van der Waals surface area contributed by atoms with E-state index in [1.165, 1.54) is 0 Å². The van der Waals surface area contributed by atoms with E-state index in [4.69, 9.17) is 5.73 Å². The topological polar surface area (TPSA) is 75.4 Å². The molecule has 0 aromatic heterocycles. The molecule has 1 aliphatic rings. The van der Waals surface area contributed by atoms with Crippen molar-refractivity contribution in [2.75, 3.05) is 18.8 Å². The molecule has 5 nitrogen and oxygen atoms in total. The Labute approximate surface area is 121 Å². The first kappa shape index (κ1) is 15.3. The Morgan fingerprint density at radius 1 is 1.10 bits per heavy atom. The van der Waals surface area contributed by atoms with E-state index in [2.05, 4.69) is 4.72 Å². The standard InChI is InChI=1S/C14H23N3O2S/c1-12(13-6-8-14(15)9-7-13)16-20(18,19)17-10-4-2-3-5-11-17/h6-9,12,16H,2-5,10-11,15H2,1H3. The van der Waals surface area contributed by atoms with Gasteiger partial charge >= 0.3 is 0 Å². The van der Waals surface area contributed by atoms with Crippen LogP contribution in [0.2, 0.25) is 0 Å². The highest BCUT2D eigenvalue weighted by molar-refractivity contribution is 7.87. The minimum Gasteiger partial charge on any atom is -0.399 e. The minimum absolute atomic E-state index is 0.260. The smallest absolute Gasteiger partial charge is 0.279 e. The summed E-state index contributed by atoms with van der Waals surface area (Å²) >= 11 is 0. The predicted octanol–water partition coefficient (Wildman–Crippen LogP) is 2.04. The molecule has 0 aliphatic carbocycles. The maximum Gasteiger partial charge on any atom is 0.279 e. The molecule has 1 unspecified atom stereocenters. The third kappa shape index (κ3) is 3.94. The van der Waals surface area contributed by atoms with Gasteiger partial charge in [0.25, 0.3) is 10.2 Å². The molecule has 1 aromatic rings. The molecule has 0 bridgehead atoms. The molecule has 0 spiro atoms. The van der Waals surface area contributed by atoms with Crippen LogP contribution in [0.1, 0.15) is 44.2 Å². The van der Waals surface area contributed by atoms with Crippen LogP contribution in [0.5, 0.6) is 0 Å². The van der Waals surface area contributed by atoms with Gasteiger partial charge in [-0.15, -0.1) is 0 Å². The van der Waals surface area contributed by atoms with Crippen LogP contribution >= 0.6 is 0 Å². The average molecular weight is 297 g/mol. The molecule has 1 saturated heterocycles. The van der Waals surface area contributed by atoms with Gasteiger partial charge in [0.15, 0.2) is 0 Å². The Balaban J connectivity index is 2.04. The highest BCUT2D eigenvalue weighted by Crippen LogP contribution is 2.18. The Kier molecular flexibility index (Phi) is 5.01. The summed E-state index contributed by atoms with van der Waals surface area (Å²) in [5, 5.41) is 0. The molecule has 1 atom stereocenters. The van der Waals surface area contributed by atoms with Gasteiger partial charge < -0.3 is 5.73 Å². The molecule has 2 rings (SSSR count). The third-order valence-electron chi connectivity index (χ3n) is 3.67. The van der Waals surface area contributed by atoms with Crippen molar-refractivity contribution >= 4 is 15.9 Å². The van der Waals surface area contributed by atoms with E-state index < -0.39 is 10.2 Å². The van der Waals surface area contributed by atoms with E-state index in [0.717, 1.165) is 31.2 Å². The molecule has 1 fully saturated rings. The van der Waals surface area contributed by atoms with Gasteiger partial charge in [0.05, 0.1) is 0 Å². The minimum atomic E-state index is -3.41. The number of anilines is 1. The molecule has 0 amide bonds. The van der Waals surface area contributed by atoms with Gasteiger partial charge in [0.1, 0.15) is 0 Å². The Hall–Kier alpha value is -1.11. The summed E-state index contributed by atoms with van der Waals surface area (Å²) in [6.45, 7) is 3.08. The molecule has 0 saturated carbocycles. The maximum atomic E-state index is 12.4. The van der Waals surface area contributed by atoms with Crippen molar-refractivity contribution in [1.29, 1.82) is 0 Å². The van der Waals surface area contributed by atoms with Crippen molar-refractivity contribution in [3.63, 3.8) is 0 Å². The summed E-state index contributed by atoms with van der Waals surface area (Å²) in [4.78, 5) is 0. The molecular formula is C14H23N3O2S. The number of nitrogen functional groups attached to an aromatic ring is 1. The number of nitrogens with two attached hydrogens (primary N) is 1. The van der Waals surface area contributed by atoms with Crippen LogP contribution in [0.25, 0.3) is 0 Å². The molecular weight excluding hydrogens is 274 g/mol. The van der Waals surface area contributed by atoms with Gasteiger partial charge in [0.2, 0.25) is 0 Å². The van der Waals surface area contributed by atoms with Crippen molar-refractivity contribution in [3.05, 3.63) is 29.8 Å². The fourth-order valence-electron chi connectivity index (χ4n) is 2.43. The Bertz CT molecular complexity index is 520. The second-order valence-corrected chi connectivity index (χ2v) is 7.03. The quantitative estimate of drug-likeness (QED) is 0.835. The Morgan fingerprint density at radius 3 is 2.20 bits per heavy atom. The van der Waals surface area contributed by atoms with Crippen LogP contribution in [0, 0.1) is 0 Å². The molecule has 0 radical (unpaired) electrons. The van der Waals surface area contributed by atoms with Crippen molar-refractivity contribution in [2.24, 2.45) is 0 Å². The van der Waals surface area contributed by atoms with Gasteiger partial charge in [-0.25, -0.2) is 0 Å². The van der Waals surface area contributed by atoms with Crippen molar-refractivity contribution in [3.8, 4) is 0 Å². The highest BCUT2D eigenvalue weighted by atomic mass is 32.2. The predicted molar refractivity (Wildman–Crippen MR) is 81.4 cm³/mol. The van der Waals surface area contributed by atoms with Crippen LogP contribution in [0.3, 0.4) is 0 Å². The summed E-state index contributed by atoms with van der Waals surface area (Å²) in [5.74, 6) is 0. The number of rotatable bonds is 4. The van der Waals surface area contributed by atoms with Crippen molar-refractivity contribution in [1.82, 2.24) is 9.03 Å². The van der Waals surface area contributed by atoms with Crippen LogP contribution in [-0.4, -0.2) is 25.8 Å². The molecule has 112 valence electrons. The molecule has 6 heteroatoms. The van der Waals surface area contributed by atoms with Gasteiger partial charge in [-0.05, 0) is 37.5 Å². The zero-order valence-electron chi connectivity index (χ0n) is 11.9. The number of nitrogens with one attached hydrogen (secondary N) is 1. The van der Waals surface area contributed by atoms with Crippen molar-refractivity contribution in [2.45, 2.75) is 38.6 Å². The average Bonchev–Trinajstić information content (AvgIpc) is 2.68. The van der Waals surface area contributed by atoms with Gasteiger partial charge in [-0.1, -0.05) is 25.0 Å². The summed E-state index contributed by atoms with van der Waals surface area (Å²) < 4.78 is 29.1. The number of hydrogen-bond donors (Lipinski definition) is 2. The van der Waals surface area contributed by atoms with Gasteiger partial charge in [-0.3, -0.25) is 0 Å². The van der Waals surface area contributed by atoms with Crippen LogP contribution in [0.4, 0.5) is 5.69 Å². The summed E-state index contributed by atoms with van der Waals surface area (Å²) in [7, 11) is -3.41. The van der Waals surface area contributed by atoms with E-state index >= 15 is 0 Å². The van der Waals surface area contributed by atoms with E-state index in [9.17, 15) is 8.42 Å². The molecule has 1 aliphatic heterocycles. The molecule has 3 N–H and O–H groups in total. The summed E-state index contributed by atoms with van der Waals surface area (Å²) in [5.41, 5.74) is 7.23. The van der Waals surface area contributed by atoms with Crippen molar-refractivity contribution < 1.29 is 8.42 Å². The first-order valence-electron chi connectivity index (χ1n) is 7.12. The van der Waals surface area contributed by atoms with Crippen LogP contribution in [0.15, 0.2) is 24.3 Å². The van der Waals surface area contributed by atoms with E-state index in [1.54, 1.807) is 16.4 Å². The maximum absolute atomic E-state index is 12.4. The lowest BCUT2D eigenvalue weighted by molar-refractivity contribution is 0.410. The van der Waals surface area contributed by atoms with E-state index in [1.807, 2.05) is 19.1 Å². The lowest BCUT2D eigenvalue weighted by Crippen LogP contribution is -2.42. The lowest BCUT2D eigenvalue weighted by Gasteiger charge is -2.23. The van der Waals surface area contributed by atoms with Gasteiger partial charge in [-0.2, -0.15) is 17.4 Å². The van der Waals surface area contributed by atoms with E-state index in [0.29, 0.717) is 18.8 Å². The molecule has 20 heavy (non-hydrogen) atoms. The summed E-state index contributed by atoms with van der Waals surface area (Å²) in [6, 6.07) is 7.01. The Morgan fingerprint density at radius 2 is 1.65 bits per heavy atom. The fourth-order valence-corrected chi connectivity index (χ4v) is 3.90. The number of benzene rings is 1.